The van der Waals surface area contributed by atoms with E-state index < -0.39 is 0 Å². The van der Waals surface area contributed by atoms with Crippen LogP contribution in [0, 0.1) is 0 Å². The first-order valence-electron chi connectivity index (χ1n) is 5.65. The van der Waals surface area contributed by atoms with Crippen LogP contribution in [-0.4, -0.2) is 14.5 Å². The molecule has 0 saturated carbocycles. The number of hydrogen-bond donors (Lipinski definition) is 1. The molecule has 0 amide bonds. The molecule has 0 fully saturated rings. The number of imidazole rings is 1. The highest BCUT2D eigenvalue weighted by atomic mass is 15.0. The summed E-state index contributed by atoms with van der Waals surface area (Å²) in [6.07, 6.45) is 10.5. The molecule has 0 aliphatic rings. The molecule has 2 aromatic rings. The Kier molecular flexibility index (Phi) is 3.55. The Morgan fingerprint density at radius 3 is 3.12 bits per heavy atom. The Labute approximate surface area is 101 Å². The van der Waals surface area contributed by atoms with Crippen LogP contribution in [0.25, 0.3) is 11.3 Å². The van der Waals surface area contributed by atoms with Crippen LogP contribution in [0.2, 0.25) is 0 Å². The van der Waals surface area contributed by atoms with Crippen molar-refractivity contribution in [2.75, 3.05) is 5.73 Å². The van der Waals surface area contributed by atoms with Crippen molar-refractivity contribution in [2.24, 2.45) is 0 Å². The molecule has 2 rings (SSSR count). The Bertz CT molecular complexity index is 514. The first-order valence-corrected chi connectivity index (χ1v) is 5.65. The quantitative estimate of drug-likeness (QED) is 0.818. The van der Waals surface area contributed by atoms with Gasteiger partial charge in [0.2, 0.25) is 0 Å². The lowest BCUT2D eigenvalue weighted by atomic mass is 10.2. The van der Waals surface area contributed by atoms with E-state index in [0.29, 0.717) is 5.82 Å². The van der Waals surface area contributed by atoms with E-state index in [1.54, 1.807) is 6.20 Å². The maximum atomic E-state index is 5.87. The monoisotopic (exact) mass is 228 g/mol. The maximum Gasteiger partial charge on any atom is 0.132 e. The third kappa shape index (κ3) is 2.53. The first-order chi connectivity index (χ1) is 8.33. The summed E-state index contributed by atoms with van der Waals surface area (Å²) in [5.41, 5.74) is 7.82. The molecule has 0 spiro atoms. The molecular weight excluding hydrogens is 212 g/mol. The van der Waals surface area contributed by atoms with Crippen LogP contribution >= 0.6 is 0 Å². The SMILES string of the molecule is C/C=C/CCn1cncc1-c1cccnc1N. The molecule has 17 heavy (non-hydrogen) atoms. The fourth-order valence-corrected chi connectivity index (χ4v) is 1.74. The van der Waals surface area contributed by atoms with E-state index in [-0.39, 0.29) is 0 Å². The van der Waals surface area contributed by atoms with E-state index in [1.807, 2.05) is 31.6 Å². The van der Waals surface area contributed by atoms with Crippen molar-refractivity contribution < 1.29 is 0 Å². The van der Waals surface area contributed by atoms with E-state index in [1.165, 1.54) is 0 Å². The summed E-state index contributed by atoms with van der Waals surface area (Å²) in [5.74, 6) is 0.542. The van der Waals surface area contributed by atoms with E-state index >= 15 is 0 Å². The molecular formula is C13H16N4. The second-order valence-corrected chi connectivity index (χ2v) is 3.77. The van der Waals surface area contributed by atoms with Gasteiger partial charge in [0.25, 0.3) is 0 Å². The van der Waals surface area contributed by atoms with Gasteiger partial charge in [0, 0.05) is 18.3 Å². The third-order valence-electron chi connectivity index (χ3n) is 2.60. The topological polar surface area (TPSA) is 56.7 Å². The molecule has 0 radical (unpaired) electrons. The van der Waals surface area contributed by atoms with Crippen LogP contribution in [0.5, 0.6) is 0 Å². The van der Waals surface area contributed by atoms with Gasteiger partial charge in [-0.3, -0.25) is 0 Å². The highest BCUT2D eigenvalue weighted by Gasteiger charge is 2.07. The molecule has 0 aliphatic heterocycles. The van der Waals surface area contributed by atoms with Crippen molar-refractivity contribution in [1.29, 1.82) is 0 Å². The molecule has 0 atom stereocenters. The van der Waals surface area contributed by atoms with Crippen molar-refractivity contribution >= 4 is 5.82 Å². The van der Waals surface area contributed by atoms with Crippen LogP contribution in [0.15, 0.2) is 43.0 Å². The predicted octanol–water partition coefficient (Wildman–Crippen LogP) is 2.49. The number of nitrogen functional groups attached to an aromatic ring is 1. The second kappa shape index (κ2) is 5.30. The fraction of sp³-hybridized carbons (Fsp3) is 0.231. The number of nitrogens with two attached hydrogens (primary N) is 1. The summed E-state index contributed by atoms with van der Waals surface area (Å²) in [6.45, 7) is 2.92. The molecule has 88 valence electrons. The highest BCUT2D eigenvalue weighted by Crippen LogP contribution is 2.23. The lowest BCUT2D eigenvalue weighted by Crippen LogP contribution is -2.00. The van der Waals surface area contributed by atoms with Gasteiger partial charge in [-0.25, -0.2) is 9.97 Å². The first kappa shape index (κ1) is 11.4. The van der Waals surface area contributed by atoms with Crippen molar-refractivity contribution in [2.45, 2.75) is 19.9 Å². The smallest absolute Gasteiger partial charge is 0.132 e. The van der Waals surface area contributed by atoms with E-state index in [9.17, 15) is 0 Å². The van der Waals surface area contributed by atoms with Crippen LogP contribution < -0.4 is 5.73 Å². The van der Waals surface area contributed by atoms with Gasteiger partial charge in [-0.05, 0) is 25.5 Å². The van der Waals surface area contributed by atoms with Crippen LogP contribution in [0.3, 0.4) is 0 Å². The Balaban J connectivity index is 2.27. The molecule has 2 aromatic heterocycles. The lowest BCUT2D eigenvalue weighted by Gasteiger charge is -2.08. The Morgan fingerprint density at radius 2 is 2.35 bits per heavy atom. The number of rotatable bonds is 4. The van der Waals surface area contributed by atoms with Crippen molar-refractivity contribution in [3.8, 4) is 11.3 Å². The lowest BCUT2D eigenvalue weighted by molar-refractivity contribution is 0.715. The van der Waals surface area contributed by atoms with E-state index in [2.05, 4.69) is 26.7 Å². The standard InChI is InChI=1S/C13H16N4/c1-2-3-4-8-17-10-15-9-12(17)11-6-5-7-16-13(11)14/h2-3,5-7,9-10H,4,8H2,1H3,(H2,14,16)/b3-2+. The van der Waals surface area contributed by atoms with Gasteiger partial charge < -0.3 is 10.3 Å². The van der Waals surface area contributed by atoms with E-state index in [0.717, 1.165) is 24.2 Å². The minimum absolute atomic E-state index is 0.542. The predicted molar refractivity (Wildman–Crippen MR) is 69.3 cm³/mol. The zero-order valence-corrected chi connectivity index (χ0v) is 9.87. The molecule has 4 heteroatoms. The van der Waals surface area contributed by atoms with Gasteiger partial charge >= 0.3 is 0 Å². The van der Waals surface area contributed by atoms with Gasteiger partial charge in [0.1, 0.15) is 5.82 Å². The number of pyridine rings is 1. The van der Waals surface area contributed by atoms with Crippen LogP contribution in [0.1, 0.15) is 13.3 Å². The number of anilines is 1. The number of hydrogen-bond acceptors (Lipinski definition) is 3. The summed E-state index contributed by atoms with van der Waals surface area (Å²) in [5, 5.41) is 0. The molecule has 0 bridgehead atoms. The normalized spacial score (nSPS) is 11.1. The number of aryl methyl sites for hydroxylation is 1. The molecule has 4 nitrogen and oxygen atoms in total. The Morgan fingerprint density at radius 1 is 1.47 bits per heavy atom. The summed E-state index contributed by atoms with van der Waals surface area (Å²) >= 11 is 0. The van der Waals surface area contributed by atoms with Crippen molar-refractivity contribution in [1.82, 2.24) is 14.5 Å². The minimum Gasteiger partial charge on any atom is -0.383 e. The van der Waals surface area contributed by atoms with Gasteiger partial charge in [-0.2, -0.15) is 0 Å². The highest BCUT2D eigenvalue weighted by molar-refractivity contribution is 5.70. The maximum absolute atomic E-state index is 5.87. The molecule has 0 saturated heterocycles. The van der Waals surface area contributed by atoms with Crippen molar-refractivity contribution in [3.05, 3.63) is 43.0 Å². The Hall–Kier alpha value is -2.10. The molecule has 0 unspecified atom stereocenters. The van der Waals surface area contributed by atoms with E-state index in [4.69, 9.17) is 5.73 Å². The summed E-state index contributed by atoms with van der Waals surface area (Å²) in [4.78, 5) is 8.27. The average Bonchev–Trinajstić information content (AvgIpc) is 2.78. The second-order valence-electron chi connectivity index (χ2n) is 3.77. The number of nitrogens with zero attached hydrogens (tertiary/aromatic N) is 3. The van der Waals surface area contributed by atoms with Crippen LogP contribution in [0.4, 0.5) is 5.82 Å². The summed E-state index contributed by atoms with van der Waals surface area (Å²) < 4.78 is 2.09. The largest absolute Gasteiger partial charge is 0.383 e. The van der Waals surface area contributed by atoms with Crippen LogP contribution in [-0.2, 0) is 6.54 Å². The van der Waals surface area contributed by atoms with Gasteiger partial charge in [0.05, 0.1) is 18.2 Å². The summed E-state index contributed by atoms with van der Waals surface area (Å²) in [6, 6.07) is 3.85. The zero-order valence-electron chi connectivity index (χ0n) is 9.87. The summed E-state index contributed by atoms with van der Waals surface area (Å²) in [7, 11) is 0. The molecule has 2 heterocycles. The third-order valence-corrected chi connectivity index (χ3v) is 2.60. The fourth-order valence-electron chi connectivity index (χ4n) is 1.74. The zero-order chi connectivity index (χ0) is 12.1. The minimum atomic E-state index is 0.542. The molecule has 0 aliphatic carbocycles. The van der Waals surface area contributed by atoms with Crippen molar-refractivity contribution in [3.63, 3.8) is 0 Å². The number of allylic oxidation sites excluding steroid dienone is 2. The van der Waals surface area contributed by atoms with Gasteiger partial charge in [-0.1, -0.05) is 12.2 Å². The molecule has 2 N–H and O–H groups in total. The average molecular weight is 228 g/mol. The van der Waals surface area contributed by atoms with Gasteiger partial charge in [0.15, 0.2) is 0 Å². The number of aromatic nitrogens is 3. The molecule has 0 aromatic carbocycles. The van der Waals surface area contributed by atoms with Gasteiger partial charge in [-0.15, -0.1) is 0 Å².